The molecule has 0 aromatic rings. The second kappa shape index (κ2) is 5.47. The van der Waals surface area contributed by atoms with Crippen molar-refractivity contribution in [1.82, 2.24) is 0 Å². The molecule has 0 aromatic heterocycles. The fourth-order valence-electron chi connectivity index (χ4n) is 5.96. The van der Waals surface area contributed by atoms with Gasteiger partial charge in [0, 0.05) is 12.3 Å². The first-order valence-corrected chi connectivity index (χ1v) is 9.18. The third-order valence-corrected chi connectivity index (χ3v) is 7.29. The number of hydrogen-bond donors (Lipinski definition) is 1. The van der Waals surface area contributed by atoms with Gasteiger partial charge in [-0.15, -0.1) is 0 Å². The van der Waals surface area contributed by atoms with Crippen LogP contribution in [0.4, 0.5) is 0 Å². The molecule has 3 rings (SSSR count). The summed E-state index contributed by atoms with van der Waals surface area (Å²) >= 11 is 0. The highest BCUT2D eigenvalue weighted by Crippen LogP contribution is 2.57. The van der Waals surface area contributed by atoms with E-state index in [4.69, 9.17) is 0 Å². The Morgan fingerprint density at radius 2 is 2.09 bits per heavy atom. The first kappa shape index (κ1) is 16.2. The molecule has 3 aliphatic carbocycles. The number of rotatable bonds is 3. The molecule has 0 amide bonds. The van der Waals surface area contributed by atoms with Gasteiger partial charge in [-0.2, -0.15) is 0 Å². The minimum Gasteiger partial charge on any atom is -0.386 e. The molecule has 0 spiro atoms. The smallest absolute Gasteiger partial charge is 0.136 e. The molecule has 2 saturated carbocycles. The molecule has 22 heavy (non-hydrogen) atoms. The fourth-order valence-corrected chi connectivity index (χ4v) is 5.96. The van der Waals surface area contributed by atoms with Crippen molar-refractivity contribution in [2.45, 2.75) is 78.2 Å². The molecule has 1 N–H and O–H groups in total. The second-order valence-electron chi connectivity index (χ2n) is 8.86. The highest BCUT2D eigenvalue weighted by atomic mass is 16.3. The van der Waals surface area contributed by atoms with Crippen molar-refractivity contribution in [3.05, 3.63) is 11.6 Å². The van der Waals surface area contributed by atoms with Crippen molar-refractivity contribution in [3.8, 4) is 0 Å². The van der Waals surface area contributed by atoms with Crippen LogP contribution >= 0.6 is 0 Å². The van der Waals surface area contributed by atoms with E-state index in [1.165, 1.54) is 12.8 Å². The lowest BCUT2D eigenvalue weighted by atomic mass is 9.61. The molecule has 2 nitrogen and oxygen atoms in total. The molecule has 0 heterocycles. The van der Waals surface area contributed by atoms with Crippen LogP contribution in [0.5, 0.6) is 0 Å². The monoisotopic (exact) mass is 304 g/mol. The molecule has 2 heteroatoms. The van der Waals surface area contributed by atoms with Gasteiger partial charge in [0.1, 0.15) is 5.78 Å². The summed E-state index contributed by atoms with van der Waals surface area (Å²) in [6, 6.07) is 0. The molecular formula is C20H32O2. The molecule has 0 radical (unpaired) electrons. The van der Waals surface area contributed by atoms with E-state index in [2.05, 4.69) is 26.8 Å². The number of Topliss-reactive ketones (excluding diaryl/α,β-unsaturated/α-hetero) is 1. The van der Waals surface area contributed by atoms with Crippen LogP contribution in [0.1, 0.15) is 72.6 Å². The van der Waals surface area contributed by atoms with E-state index in [1.54, 1.807) is 0 Å². The lowest BCUT2D eigenvalue weighted by molar-refractivity contribution is -0.130. The molecule has 6 atom stereocenters. The van der Waals surface area contributed by atoms with Gasteiger partial charge in [-0.1, -0.05) is 19.9 Å². The SMILES string of the molecule is CC1=CC(CC(C)C2CCC3C(=O)CCCC32C)CC1(C)O. The summed E-state index contributed by atoms with van der Waals surface area (Å²) in [6.07, 6.45) is 9.79. The minimum atomic E-state index is -0.604. The fraction of sp³-hybridized carbons (Fsp3) is 0.850. The zero-order valence-electron chi connectivity index (χ0n) is 14.7. The normalized spacial score (nSPS) is 46.5. The van der Waals surface area contributed by atoms with Gasteiger partial charge in [0.05, 0.1) is 5.60 Å². The Labute approximate surface area is 135 Å². The molecule has 6 unspecified atom stereocenters. The van der Waals surface area contributed by atoms with Gasteiger partial charge < -0.3 is 5.11 Å². The van der Waals surface area contributed by atoms with Gasteiger partial charge >= 0.3 is 0 Å². The Kier molecular flexibility index (Phi) is 4.04. The van der Waals surface area contributed by atoms with Crippen molar-refractivity contribution >= 4 is 5.78 Å². The van der Waals surface area contributed by atoms with E-state index in [-0.39, 0.29) is 5.41 Å². The zero-order chi connectivity index (χ0) is 16.1. The Morgan fingerprint density at radius 1 is 1.36 bits per heavy atom. The second-order valence-corrected chi connectivity index (χ2v) is 8.86. The van der Waals surface area contributed by atoms with E-state index < -0.39 is 5.60 Å². The molecule has 0 aromatic carbocycles. The van der Waals surface area contributed by atoms with Crippen LogP contribution < -0.4 is 0 Å². The first-order valence-electron chi connectivity index (χ1n) is 9.18. The summed E-state index contributed by atoms with van der Waals surface area (Å²) in [7, 11) is 0. The Morgan fingerprint density at radius 3 is 2.73 bits per heavy atom. The van der Waals surface area contributed by atoms with Crippen LogP contribution in [0, 0.1) is 29.1 Å². The van der Waals surface area contributed by atoms with Crippen molar-refractivity contribution in [2.75, 3.05) is 0 Å². The van der Waals surface area contributed by atoms with E-state index >= 15 is 0 Å². The number of carbonyl (C=O) groups is 1. The predicted octanol–water partition coefficient (Wildman–Crippen LogP) is 4.52. The van der Waals surface area contributed by atoms with Crippen LogP contribution in [-0.4, -0.2) is 16.5 Å². The third kappa shape index (κ3) is 2.58. The standard InChI is InChI=1S/C20H32O2/c1-13(10-15-11-14(2)20(4,22)12-15)16-7-8-17-18(21)6-5-9-19(16,17)3/h11,13,15-17,22H,5-10,12H2,1-4H3. The number of ketones is 1. The van der Waals surface area contributed by atoms with Gasteiger partial charge in [0.25, 0.3) is 0 Å². The Bertz CT molecular complexity index is 490. The third-order valence-electron chi connectivity index (χ3n) is 7.29. The summed E-state index contributed by atoms with van der Waals surface area (Å²) in [5.41, 5.74) is 0.773. The number of allylic oxidation sites excluding steroid dienone is 1. The number of hydrogen-bond acceptors (Lipinski definition) is 2. The van der Waals surface area contributed by atoms with Gasteiger partial charge in [0.15, 0.2) is 0 Å². The van der Waals surface area contributed by atoms with Gasteiger partial charge in [0.2, 0.25) is 0 Å². The van der Waals surface area contributed by atoms with Crippen LogP contribution in [0.15, 0.2) is 11.6 Å². The van der Waals surface area contributed by atoms with Crippen molar-refractivity contribution < 1.29 is 9.90 Å². The van der Waals surface area contributed by atoms with Gasteiger partial charge in [-0.05, 0) is 81.1 Å². The maximum atomic E-state index is 12.3. The first-order chi connectivity index (χ1) is 10.2. The van der Waals surface area contributed by atoms with E-state index in [0.717, 1.165) is 37.7 Å². The summed E-state index contributed by atoms with van der Waals surface area (Å²) in [4.78, 5) is 12.3. The lowest BCUT2D eigenvalue weighted by Crippen LogP contribution is -2.39. The van der Waals surface area contributed by atoms with Crippen molar-refractivity contribution in [3.63, 3.8) is 0 Å². The summed E-state index contributed by atoms with van der Waals surface area (Å²) in [5.74, 6) is 2.69. The van der Waals surface area contributed by atoms with Gasteiger partial charge in [-0.25, -0.2) is 0 Å². The number of fused-ring (bicyclic) bond motifs is 1. The highest BCUT2D eigenvalue weighted by Gasteiger charge is 2.52. The van der Waals surface area contributed by atoms with E-state index in [9.17, 15) is 9.90 Å². The Hall–Kier alpha value is -0.630. The van der Waals surface area contributed by atoms with Crippen molar-refractivity contribution in [2.24, 2.45) is 29.1 Å². The minimum absolute atomic E-state index is 0.245. The van der Waals surface area contributed by atoms with Crippen LogP contribution in [0.25, 0.3) is 0 Å². The quantitative estimate of drug-likeness (QED) is 0.779. The van der Waals surface area contributed by atoms with Crippen LogP contribution in [-0.2, 0) is 4.79 Å². The van der Waals surface area contributed by atoms with Crippen molar-refractivity contribution in [1.29, 1.82) is 0 Å². The van der Waals surface area contributed by atoms with Crippen LogP contribution in [0.3, 0.4) is 0 Å². The maximum absolute atomic E-state index is 12.3. The molecule has 0 aliphatic heterocycles. The van der Waals surface area contributed by atoms with E-state index in [0.29, 0.717) is 29.5 Å². The predicted molar refractivity (Wildman–Crippen MR) is 89.4 cm³/mol. The summed E-state index contributed by atoms with van der Waals surface area (Å²) in [5, 5.41) is 10.4. The highest BCUT2D eigenvalue weighted by molar-refractivity contribution is 5.83. The molecule has 3 aliphatic rings. The van der Waals surface area contributed by atoms with E-state index in [1.807, 2.05) is 6.92 Å². The molecule has 2 fully saturated rings. The number of carbonyl (C=O) groups excluding carboxylic acids is 1. The maximum Gasteiger partial charge on any atom is 0.136 e. The molecule has 0 saturated heterocycles. The van der Waals surface area contributed by atoms with Gasteiger partial charge in [-0.3, -0.25) is 4.79 Å². The molecular weight excluding hydrogens is 272 g/mol. The summed E-state index contributed by atoms with van der Waals surface area (Å²) in [6.45, 7) is 8.76. The molecule has 124 valence electrons. The average molecular weight is 304 g/mol. The Balaban J connectivity index is 1.69. The molecule has 0 bridgehead atoms. The summed E-state index contributed by atoms with van der Waals surface area (Å²) < 4.78 is 0. The average Bonchev–Trinajstić information content (AvgIpc) is 2.87. The topological polar surface area (TPSA) is 37.3 Å². The van der Waals surface area contributed by atoms with Crippen LogP contribution in [0.2, 0.25) is 0 Å². The number of aliphatic hydroxyl groups is 1. The largest absolute Gasteiger partial charge is 0.386 e. The lowest BCUT2D eigenvalue weighted by Gasteiger charge is -2.42. The zero-order valence-corrected chi connectivity index (χ0v) is 14.7.